The summed E-state index contributed by atoms with van der Waals surface area (Å²) in [4.78, 5) is 0. The van der Waals surface area contributed by atoms with Crippen molar-refractivity contribution in [1.82, 2.24) is 0 Å². The molecule has 0 aromatic heterocycles. The Morgan fingerprint density at radius 2 is 2.08 bits per heavy atom. The van der Waals surface area contributed by atoms with Gasteiger partial charge in [0.05, 0.1) is 0 Å². The summed E-state index contributed by atoms with van der Waals surface area (Å²) in [5.41, 5.74) is 0. The van der Waals surface area contributed by atoms with Crippen LogP contribution in [-0.4, -0.2) is 0 Å². The van der Waals surface area contributed by atoms with Crippen LogP contribution < -0.4 is 0 Å². The Kier molecular flexibility index (Phi) is 3.10. The average Bonchev–Trinajstić information content (AvgIpc) is 1.82. The first kappa shape index (κ1) is 9.97. The van der Waals surface area contributed by atoms with E-state index in [1.807, 2.05) is 0 Å². The maximum absolute atomic E-state index is 12.9. The molecule has 1 aliphatic rings. The van der Waals surface area contributed by atoms with Gasteiger partial charge in [0.15, 0.2) is 0 Å². The topological polar surface area (TPSA) is 0 Å². The SMILES string of the molecule is CC(C)C1C(Br)=CC(F)=CC1C. The zero-order valence-electron chi connectivity index (χ0n) is 7.64. The van der Waals surface area contributed by atoms with Crippen molar-refractivity contribution in [1.29, 1.82) is 0 Å². The minimum Gasteiger partial charge on any atom is -0.207 e. The Labute approximate surface area is 81.7 Å². The van der Waals surface area contributed by atoms with Crippen LogP contribution in [0.2, 0.25) is 0 Å². The van der Waals surface area contributed by atoms with E-state index in [0.29, 0.717) is 17.8 Å². The normalized spacial score (nSPS) is 30.2. The van der Waals surface area contributed by atoms with Gasteiger partial charge in [0, 0.05) is 4.48 Å². The zero-order chi connectivity index (χ0) is 9.30. The molecule has 0 aromatic rings. The van der Waals surface area contributed by atoms with Crippen molar-refractivity contribution in [2.75, 3.05) is 0 Å². The lowest BCUT2D eigenvalue weighted by Gasteiger charge is -2.27. The van der Waals surface area contributed by atoms with Crippen molar-refractivity contribution < 1.29 is 4.39 Å². The molecule has 0 aromatic carbocycles. The van der Waals surface area contributed by atoms with Crippen LogP contribution in [0.5, 0.6) is 0 Å². The third kappa shape index (κ3) is 1.98. The molecule has 0 N–H and O–H groups in total. The molecule has 0 saturated heterocycles. The first-order chi connectivity index (χ1) is 5.52. The van der Waals surface area contributed by atoms with E-state index in [4.69, 9.17) is 0 Å². The predicted octanol–water partition coefficient (Wildman–Crippen LogP) is 4.04. The van der Waals surface area contributed by atoms with Gasteiger partial charge in [-0.2, -0.15) is 0 Å². The summed E-state index contributed by atoms with van der Waals surface area (Å²) in [5, 5.41) is 0. The molecule has 2 atom stereocenters. The summed E-state index contributed by atoms with van der Waals surface area (Å²) in [6.07, 6.45) is 3.26. The van der Waals surface area contributed by atoms with Crippen LogP contribution in [0, 0.1) is 17.8 Å². The molecule has 68 valence electrons. The van der Waals surface area contributed by atoms with Gasteiger partial charge in [-0.25, -0.2) is 4.39 Å². The molecule has 1 aliphatic carbocycles. The smallest absolute Gasteiger partial charge is 0.120 e. The highest BCUT2D eigenvalue weighted by atomic mass is 79.9. The molecule has 0 fully saturated rings. The van der Waals surface area contributed by atoms with Gasteiger partial charge in [-0.3, -0.25) is 0 Å². The fourth-order valence-electron chi connectivity index (χ4n) is 1.81. The molecule has 0 spiro atoms. The first-order valence-corrected chi connectivity index (χ1v) is 5.06. The third-order valence-corrected chi connectivity index (χ3v) is 3.06. The predicted molar refractivity (Wildman–Crippen MR) is 53.7 cm³/mol. The summed E-state index contributed by atoms with van der Waals surface area (Å²) in [6, 6.07) is 0. The minimum absolute atomic E-state index is 0.119. The summed E-state index contributed by atoms with van der Waals surface area (Å²) >= 11 is 3.42. The molecule has 0 nitrogen and oxygen atoms in total. The maximum atomic E-state index is 12.9. The van der Waals surface area contributed by atoms with Crippen LogP contribution >= 0.6 is 15.9 Å². The van der Waals surface area contributed by atoms with Crippen molar-refractivity contribution >= 4 is 15.9 Å². The van der Waals surface area contributed by atoms with E-state index in [1.54, 1.807) is 12.2 Å². The number of rotatable bonds is 1. The lowest BCUT2D eigenvalue weighted by Crippen LogP contribution is -2.19. The number of hydrogen-bond donors (Lipinski definition) is 0. The van der Waals surface area contributed by atoms with E-state index >= 15 is 0 Å². The second kappa shape index (κ2) is 3.73. The molecule has 0 bridgehead atoms. The lowest BCUT2D eigenvalue weighted by molar-refractivity contribution is 0.368. The van der Waals surface area contributed by atoms with E-state index in [1.165, 1.54) is 0 Å². The number of allylic oxidation sites excluding steroid dienone is 4. The van der Waals surface area contributed by atoms with E-state index in [9.17, 15) is 4.39 Å². The fraction of sp³-hybridized carbons (Fsp3) is 0.600. The van der Waals surface area contributed by atoms with Crippen molar-refractivity contribution in [2.24, 2.45) is 17.8 Å². The van der Waals surface area contributed by atoms with E-state index in [0.717, 1.165) is 4.48 Å². The Morgan fingerprint density at radius 1 is 1.50 bits per heavy atom. The standard InChI is InChI=1S/C10H14BrF/c1-6(2)10-7(3)4-8(12)5-9(10)11/h4-7,10H,1-3H3. The van der Waals surface area contributed by atoms with E-state index in [2.05, 4.69) is 36.7 Å². The highest BCUT2D eigenvalue weighted by molar-refractivity contribution is 9.11. The molecule has 2 unspecified atom stereocenters. The Hall–Kier alpha value is -0.110. The molecule has 2 heteroatoms. The largest absolute Gasteiger partial charge is 0.207 e. The van der Waals surface area contributed by atoms with Crippen molar-refractivity contribution in [2.45, 2.75) is 20.8 Å². The molecule has 0 amide bonds. The fourth-order valence-corrected chi connectivity index (χ4v) is 2.97. The number of hydrogen-bond acceptors (Lipinski definition) is 0. The second-order valence-electron chi connectivity index (χ2n) is 3.71. The van der Waals surface area contributed by atoms with Crippen LogP contribution in [-0.2, 0) is 0 Å². The third-order valence-electron chi connectivity index (χ3n) is 2.30. The molecule has 0 aliphatic heterocycles. The van der Waals surface area contributed by atoms with Gasteiger partial charge in [0.2, 0.25) is 0 Å². The number of halogens is 2. The molecule has 0 radical (unpaired) electrons. The second-order valence-corrected chi connectivity index (χ2v) is 4.63. The maximum Gasteiger partial charge on any atom is 0.120 e. The van der Waals surface area contributed by atoms with Gasteiger partial charge in [0.1, 0.15) is 5.83 Å². The molecular weight excluding hydrogens is 219 g/mol. The summed E-state index contributed by atoms with van der Waals surface area (Å²) < 4.78 is 13.9. The van der Waals surface area contributed by atoms with Crippen molar-refractivity contribution in [3.05, 3.63) is 22.5 Å². The van der Waals surface area contributed by atoms with Crippen LogP contribution in [0.1, 0.15) is 20.8 Å². The molecule has 0 saturated carbocycles. The molecule has 12 heavy (non-hydrogen) atoms. The van der Waals surface area contributed by atoms with Gasteiger partial charge >= 0.3 is 0 Å². The van der Waals surface area contributed by atoms with Gasteiger partial charge in [-0.15, -0.1) is 0 Å². The summed E-state index contributed by atoms with van der Waals surface area (Å²) in [6.45, 7) is 6.37. The van der Waals surface area contributed by atoms with E-state index < -0.39 is 0 Å². The van der Waals surface area contributed by atoms with Crippen LogP contribution in [0.4, 0.5) is 4.39 Å². The minimum atomic E-state index is -0.119. The zero-order valence-corrected chi connectivity index (χ0v) is 9.23. The highest BCUT2D eigenvalue weighted by Crippen LogP contribution is 2.37. The first-order valence-electron chi connectivity index (χ1n) is 4.26. The van der Waals surface area contributed by atoms with E-state index in [-0.39, 0.29) is 5.83 Å². The lowest BCUT2D eigenvalue weighted by atomic mass is 9.81. The Balaban J connectivity index is 2.87. The highest BCUT2D eigenvalue weighted by Gasteiger charge is 2.25. The quantitative estimate of drug-likeness (QED) is 0.641. The van der Waals surface area contributed by atoms with Gasteiger partial charge in [-0.05, 0) is 29.9 Å². The monoisotopic (exact) mass is 232 g/mol. The molecule has 1 rings (SSSR count). The van der Waals surface area contributed by atoms with Gasteiger partial charge in [0.25, 0.3) is 0 Å². The Morgan fingerprint density at radius 3 is 2.50 bits per heavy atom. The average molecular weight is 233 g/mol. The van der Waals surface area contributed by atoms with Crippen LogP contribution in [0.15, 0.2) is 22.5 Å². The van der Waals surface area contributed by atoms with Gasteiger partial charge in [-0.1, -0.05) is 36.7 Å². The van der Waals surface area contributed by atoms with Crippen LogP contribution in [0.3, 0.4) is 0 Å². The molecular formula is C10H14BrF. The summed E-state index contributed by atoms with van der Waals surface area (Å²) in [7, 11) is 0. The summed E-state index contributed by atoms with van der Waals surface area (Å²) in [5.74, 6) is 1.16. The van der Waals surface area contributed by atoms with Crippen molar-refractivity contribution in [3.63, 3.8) is 0 Å². The molecule has 0 heterocycles. The van der Waals surface area contributed by atoms with Gasteiger partial charge < -0.3 is 0 Å². The Bertz CT molecular complexity index is 228. The van der Waals surface area contributed by atoms with Crippen molar-refractivity contribution in [3.8, 4) is 0 Å². The van der Waals surface area contributed by atoms with Crippen LogP contribution in [0.25, 0.3) is 0 Å².